The van der Waals surface area contributed by atoms with E-state index >= 15 is 0 Å². The van der Waals surface area contributed by atoms with Crippen molar-refractivity contribution in [2.45, 2.75) is 27.7 Å². The number of pyridine rings is 4. The van der Waals surface area contributed by atoms with Gasteiger partial charge in [-0.15, -0.1) is 0 Å². The number of fused-ring (bicyclic) bond motifs is 4. The fourth-order valence-electron chi connectivity index (χ4n) is 5.41. The first-order valence-electron chi connectivity index (χ1n) is 12.6. The van der Waals surface area contributed by atoms with Crippen molar-refractivity contribution >= 4 is 33.4 Å². The maximum absolute atomic E-state index is 12.7. The minimum absolute atomic E-state index is 0.0266. The number of nitrogens with one attached hydrogen (secondary N) is 2. The van der Waals surface area contributed by atoms with Gasteiger partial charge in [0.15, 0.2) is 11.5 Å². The molecule has 1 aromatic carbocycles. The highest BCUT2D eigenvalue weighted by Gasteiger charge is 2.35. The van der Waals surface area contributed by atoms with Crippen molar-refractivity contribution in [1.29, 1.82) is 0 Å². The monoisotopic (exact) mass is 554 g/mol. The number of nitrogens with zero attached hydrogens (tertiary/aromatic N) is 2. The molecule has 11 nitrogen and oxygen atoms in total. The number of ketones is 2. The summed E-state index contributed by atoms with van der Waals surface area (Å²) in [7, 11) is 3.04. The Labute approximate surface area is 231 Å². The van der Waals surface area contributed by atoms with E-state index in [1.165, 1.54) is 35.9 Å². The van der Waals surface area contributed by atoms with E-state index in [0.717, 1.165) is 26.5 Å². The van der Waals surface area contributed by atoms with E-state index in [2.05, 4.69) is 9.97 Å². The summed E-state index contributed by atoms with van der Waals surface area (Å²) < 4.78 is 2.53. The van der Waals surface area contributed by atoms with Crippen LogP contribution in [0.1, 0.15) is 54.4 Å². The van der Waals surface area contributed by atoms with E-state index < -0.39 is 11.3 Å². The second kappa shape index (κ2) is 9.40. The molecule has 11 heteroatoms. The van der Waals surface area contributed by atoms with Gasteiger partial charge in [0.05, 0.1) is 22.2 Å². The zero-order chi connectivity index (χ0) is 30.1. The standard InChI is InChI=1S/C15H12N2O4.C15H14N2O3/c1-6-4-8(18)16-12-10(6)14(20)11-7(2)5-9(19)17(3)13(11)15(12)21;1-7-4-11(18)16-13-9(7)6-10-8(2)5-12(19)17(3)14(10)15(13)20/h4-5H,1-3H3,(H,16,18);4-6,20H,1-3H3,(H,16,18). The molecule has 4 heterocycles. The predicted octanol–water partition coefficient (Wildman–Crippen LogP) is 2.17. The van der Waals surface area contributed by atoms with Crippen LogP contribution in [-0.2, 0) is 14.1 Å². The lowest BCUT2D eigenvalue weighted by Crippen LogP contribution is -2.34. The molecule has 1 aliphatic rings. The number of aromatic nitrogens is 4. The number of carbonyl (C=O) groups is 2. The number of phenols is 1. The molecule has 0 saturated heterocycles. The Kier molecular flexibility index (Phi) is 6.25. The Bertz CT molecular complexity index is 2250. The SMILES string of the molecule is Cc1cc(=O)[nH]c2c(O)c3c(cc12)c(C)cc(=O)n3C.Cc1cc(=O)[nH]c2c1C(=O)c1c(C)cc(=O)n(C)c1C2=O. The second-order valence-corrected chi connectivity index (χ2v) is 10.3. The van der Waals surface area contributed by atoms with Gasteiger partial charge in [0.1, 0.15) is 11.4 Å². The van der Waals surface area contributed by atoms with E-state index in [9.17, 15) is 33.9 Å². The van der Waals surface area contributed by atoms with Crippen LogP contribution in [0.25, 0.3) is 21.8 Å². The minimum atomic E-state index is -0.510. The summed E-state index contributed by atoms with van der Waals surface area (Å²) >= 11 is 0. The van der Waals surface area contributed by atoms with E-state index in [0.29, 0.717) is 22.2 Å². The lowest BCUT2D eigenvalue weighted by molar-refractivity contribution is 0.0966. The molecule has 3 N–H and O–H groups in total. The fourth-order valence-corrected chi connectivity index (χ4v) is 5.41. The summed E-state index contributed by atoms with van der Waals surface area (Å²) in [6.45, 7) is 6.88. The van der Waals surface area contributed by atoms with Gasteiger partial charge in [0, 0.05) is 49.1 Å². The average Bonchev–Trinajstić information content (AvgIpc) is 2.88. The summed E-state index contributed by atoms with van der Waals surface area (Å²) in [4.78, 5) is 77.2. The van der Waals surface area contributed by atoms with Crippen LogP contribution < -0.4 is 22.2 Å². The number of aryl methyl sites for hydroxylation is 5. The molecule has 41 heavy (non-hydrogen) atoms. The average molecular weight is 555 g/mol. The Balaban J connectivity index is 0.000000165. The molecule has 0 atom stereocenters. The highest BCUT2D eigenvalue weighted by molar-refractivity contribution is 6.28. The fraction of sp³-hybridized carbons (Fsp3) is 0.200. The normalized spacial score (nSPS) is 12.2. The molecular weight excluding hydrogens is 528 g/mol. The van der Waals surface area contributed by atoms with Crippen molar-refractivity contribution < 1.29 is 14.7 Å². The van der Waals surface area contributed by atoms with E-state index in [1.807, 2.05) is 19.9 Å². The maximum atomic E-state index is 12.7. The molecule has 0 saturated carbocycles. The molecule has 0 bridgehead atoms. The van der Waals surface area contributed by atoms with Crippen molar-refractivity contribution in [2.75, 3.05) is 0 Å². The van der Waals surface area contributed by atoms with E-state index in [1.54, 1.807) is 20.9 Å². The third kappa shape index (κ3) is 4.13. The van der Waals surface area contributed by atoms with Crippen molar-refractivity contribution in [1.82, 2.24) is 19.1 Å². The van der Waals surface area contributed by atoms with Crippen molar-refractivity contribution in [3.8, 4) is 5.75 Å². The van der Waals surface area contributed by atoms with Crippen LogP contribution in [0.2, 0.25) is 0 Å². The Morgan fingerprint density at radius 1 is 0.610 bits per heavy atom. The number of aromatic hydroxyl groups is 1. The van der Waals surface area contributed by atoms with Gasteiger partial charge in [-0.1, -0.05) is 0 Å². The van der Waals surface area contributed by atoms with Crippen LogP contribution in [0.5, 0.6) is 5.75 Å². The number of hydrogen-bond donors (Lipinski definition) is 3. The van der Waals surface area contributed by atoms with Crippen LogP contribution in [0.3, 0.4) is 0 Å². The summed E-state index contributed by atoms with van der Waals surface area (Å²) in [5.41, 5.74) is 2.41. The van der Waals surface area contributed by atoms with Gasteiger partial charge in [-0.25, -0.2) is 0 Å². The molecule has 1 aliphatic carbocycles. The molecule has 0 fully saturated rings. The van der Waals surface area contributed by atoms with Gasteiger partial charge in [-0.2, -0.15) is 0 Å². The lowest BCUT2D eigenvalue weighted by atomic mass is 9.85. The van der Waals surface area contributed by atoms with Crippen LogP contribution in [-0.4, -0.2) is 35.8 Å². The quantitative estimate of drug-likeness (QED) is 0.242. The number of carbonyl (C=O) groups excluding carboxylic acids is 2. The summed E-state index contributed by atoms with van der Waals surface area (Å²) in [6.07, 6.45) is 0. The molecule has 0 aliphatic heterocycles. The first-order chi connectivity index (χ1) is 19.2. The second-order valence-electron chi connectivity index (χ2n) is 10.3. The maximum Gasteiger partial charge on any atom is 0.251 e. The van der Waals surface area contributed by atoms with Gasteiger partial charge >= 0.3 is 0 Å². The molecule has 5 aromatic rings. The number of phenolic OH excluding ortho intramolecular Hbond substituents is 1. The molecule has 0 unspecified atom stereocenters. The van der Waals surface area contributed by atoms with Gasteiger partial charge in [-0.05, 0) is 56.0 Å². The molecule has 4 aromatic heterocycles. The number of aromatic amines is 2. The summed E-state index contributed by atoms with van der Waals surface area (Å²) in [5.74, 6) is -0.924. The predicted molar refractivity (Wildman–Crippen MR) is 154 cm³/mol. The van der Waals surface area contributed by atoms with E-state index in [-0.39, 0.29) is 50.7 Å². The molecule has 6 rings (SSSR count). The third-order valence-electron chi connectivity index (χ3n) is 7.50. The Morgan fingerprint density at radius 3 is 1.83 bits per heavy atom. The lowest BCUT2D eigenvalue weighted by Gasteiger charge is -2.21. The minimum Gasteiger partial charge on any atom is -0.504 e. The van der Waals surface area contributed by atoms with Gasteiger partial charge in [0.2, 0.25) is 16.9 Å². The first kappa shape index (κ1) is 27.3. The van der Waals surface area contributed by atoms with Gasteiger partial charge in [-0.3, -0.25) is 28.8 Å². The Morgan fingerprint density at radius 2 is 1.15 bits per heavy atom. The van der Waals surface area contributed by atoms with Crippen molar-refractivity contribution in [3.05, 3.63) is 117 Å². The number of benzene rings is 1. The smallest absolute Gasteiger partial charge is 0.251 e. The molecule has 208 valence electrons. The topological polar surface area (TPSA) is 164 Å². The number of rotatable bonds is 0. The van der Waals surface area contributed by atoms with Crippen LogP contribution in [0.4, 0.5) is 0 Å². The number of hydrogen-bond acceptors (Lipinski definition) is 7. The molecular formula is C30H26N4O7. The van der Waals surface area contributed by atoms with Crippen molar-refractivity contribution in [2.24, 2.45) is 14.1 Å². The van der Waals surface area contributed by atoms with Crippen LogP contribution in [0.15, 0.2) is 49.5 Å². The van der Waals surface area contributed by atoms with Gasteiger partial charge in [0.25, 0.3) is 11.1 Å². The molecule has 0 radical (unpaired) electrons. The zero-order valence-electron chi connectivity index (χ0n) is 23.2. The Hall–Kier alpha value is -5.32. The van der Waals surface area contributed by atoms with E-state index in [4.69, 9.17) is 0 Å². The zero-order valence-corrected chi connectivity index (χ0v) is 23.2. The molecule has 0 spiro atoms. The highest BCUT2D eigenvalue weighted by atomic mass is 16.3. The van der Waals surface area contributed by atoms with Crippen molar-refractivity contribution in [3.63, 3.8) is 0 Å². The summed E-state index contributed by atoms with van der Waals surface area (Å²) in [5, 5.41) is 12.0. The van der Waals surface area contributed by atoms with Crippen LogP contribution in [0, 0.1) is 27.7 Å². The summed E-state index contributed by atoms with van der Waals surface area (Å²) in [6, 6.07) is 7.53. The molecule has 0 amide bonds. The highest BCUT2D eigenvalue weighted by Crippen LogP contribution is 2.33. The largest absolute Gasteiger partial charge is 0.504 e. The van der Waals surface area contributed by atoms with Crippen LogP contribution >= 0.6 is 0 Å². The third-order valence-corrected chi connectivity index (χ3v) is 7.50. The number of H-pyrrole nitrogens is 2. The first-order valence-corrected chi connectivity index (χ1v) is 12.6. The van der Waals surface area contributed by atoms with Gasteiger partial charge < -0.3 is 24.2 Å².